The summed E-state index contributed by atoms with van der Waals surface area (Å²) in [6, 6.07) is 8.48. The molecule has 0 aliphatic carbocycles. The summed E-state index contributed by atoms with van der Waals surface area (Å²) in [5.41, 5.74) is 1.44. The molecule has 0 saturated carbocycles. The van der Waals surface area contributed by atoms with E-state index in [1.807, 2.05) is 0 Å². The number of nitrogens with zero attached hydrogens (tertiary/aromatic N) is 1. The number of hydrogen-bond acceptors (Lipinski definition) is 3. The van der Waals surface area contributed by atoms with Crippen LogP contribution in [0.2, 0.25) is 0 Å². The minimum Gasteiger partial charge on any atom is -0.487 e. The van der Waals surface area contributed by atoms with Gasteiger partial charge in [-0.15, -0.1) is 0 Å². The fourth-order valence-corrected chi connectivity index (χ4v) is 3.15. The quantitative estimate of drug-likeness (QED) is 0.845. The van der Waals surface area contributed by atoms with Crippen LogP contribution in [0.15, 0.2) is 24.3 Å². The maximum Gasteiger partial charge on any atom is 0.123 e. The molecule has 2 aliphatic heterocycles. The number of benzene rings is 1. The summed E-state index contributed by atoms with van der Waals surface area (Å²) in [5, 5.41) is 0. The minimum absolute atomic E-state index is 0.0721. The van der Waals surface area contributed by atoms with Crippen molar-refractivity contribution in [2.75, 3.05) is 19.8 Å². The lowest BCUT2D eigenvalue weighted by Gasteiger charge is -2.44. The minimum atomic E-state index is 0.0721. The molecule has 0 atom stereocenters. The van der Waals surface area contributed by atoms with Crippen LogP contribution >= 0.6 is 0 Å². The molecule has 1 spiro atoms. The normalized spacial score (nSPS) is 21.8. The van der Waals surface area contributed by atoms with Crippen LogP contribution in [0.1, 0.15) is 38.7 Å². The molecule has 3 nitrogen and oxygen atoms in total. The van der Waals surface area contributed by atoms with Gasteiger partial charge in [0.05, 0.1) is 12.8 Å². The van der Waals surface area contributed by atoms with Crippen LogP contribution in [0.3, 0.4) is 0 Å². The van der Waals surface area contributed by atoms with E-state index in [-0.39, 0.29) is 5.60 Å². The Hall–Kier alpha value is -1.06. The molecule has 2 aliphatic rings. The van der Waals surface area contributed by atoms with Gasteiger partial charge in [0, 0.05) is 13.1 Å². The topological polar surface area (TPSA) is 21.7 Å². The van der Waals surface area contributed by atoms with Gasteiger partial charge in [-0.1, -0.05) is 18.2 Å². The molecule has 1 aromatic carbocycles. The van der Waals surface area contributed by atoms with Gasteiger partial charge < -0.3 is 9.47 Å². The van der Waals surface area contributed by atoms with E-state index in [9.17, 15) is 0 Å². The lowest BCUT2D eigenvalue weighted by atomic mass is 9.83. The van der Waals surface area contributed by atoms with Crippen LogP contribution in [-0.4, -0.2) is 36.4 Å². The SMILES string of the molecule is CC(C)OCN1CCC2(CCc3ccccc3O2)CC1. The average Bonchev–Trinajstić information content (AvgIpc) is 2.47. The first-order chi connectivity index (χ1) is 9.67. The van der Waals surface area contributed by atoms with Crippen LogP contribution < -0.4 is 4.74 Å². The van der Waals surface area contributed by atoms with Gasteiger partial charge in [0.25, 0.3) is 0 Å². The van der Waals surface area contributed by atoms with E-state index in [0.717, 1.165) is 51.3 Å². The Balaban J connectivity index is 1.58. The zero-order chi connectivity index (χ0) is 14.0. The van der Waals surface area contributed by atoms with Crippen molar-refractivity contribution in [3.63, 3.8) is 0 Å². The lowest BCUT2D eigenvalue weighted by Crippen LogP contribution is -2.50. The zero-order valence-corrected chi connectivity index (χ0v) is 12.6. The van der Waals surface area contributed by atoms with Crippen LogP contribution in [0.5, 0.6) is 5.75 Å². The second-order valence-electron chi connectivity index (χ2n) is 6.36. The molecule has 1 aromatic rings. The largest absolute Gasteiger partial charge is 0.487 e. The van der Waals surface area contributed by atoms with Crippen LogP contribution in [0.25, 0.3) is 0 Å². The van der Waals surface area contributed by atoms with E-state index >= 15 is 0 Å². The third-order valence-electron chi connectivity index (χ3n) is 4.51. The Morgan fingerprint density at radius 1 is 1.20 bits per heavy atom. The molecule has 0 amide bonds. The van der Waals surface area contributed by atoms with Crippen molar-refractivity contribution in [2.24, 2.45) is 0 Å². The first-order valence-corrected chi connectivity index (χ1v) is 7.78. The Kier molecular flexibility index (Phi) is 3.99. The smallest absolute Gasteiger partial charge is 0.123 e. The maximum atomic E-state index is 6.37. The van der Waals surface area contributed by atoms with Crippen LogP contribution in [0.4, 0.5) is 0 Å². The van der Waals surface area contributed by atoms with Gasteiger partial charge in [-0.3, -0.25) is 4.90 Å². The molecule has 110 valence electrons. The second-order valence-corrected chi connectivity index (χ2v) is 6.36. The maximum absolute atomic E-state index is 6.37. The zero-order valence-electron chi connectivity index (χ0n) is 12.6. The Morgan fingerprint density at radius 3 is 2.70 bits per heavy atom. The summed E-state index contributed by atoms with van der Waals surface area (Å²) < 4.78 is 12.1. The highest BCUT2D eigenvalue weighted by Gasteiger charge is 2.39. The molecule has 20 heavy (non-hydrogen) atoms. The van der Waals surface area contributed by atoms with Gasteiger partial charge >= 0.3 is 0 Å². The highest BCUT2D eigenvalue weighted by atomic mass is 16.5. The summed E-state index contributed by atoms with van der Waals surface area (Å²) in [6.45, 7) is 7.09. The third-order valence-corrected chi connectivity index (χ3v) is 4.51. The molecule has 1 saturated heterocycles. The van der Waals surface area contributed by atoms with Crippen molar-refractivity contribution in [3.05, 3.63) is 29.8 Å². The van der Waals surface area contributed by atoms with Gasteiger partial charge in [-0.2, -0.15) is 0 Å². The first kappa shape index (κ1) is 13.9. The average molecular weight is 275 g/mol. The number of fused-ring (bicyclic) bond motifs is 1. The number of piperidine rings is 1. The monoisotopic (exact) mass is 275 g/mol. The van der Waals surface area contributed by atoms with Crippen molar-refractivity contribution >= 4 is 0 Å². The van der Waals surface area contributed by atoms with Crippen molar-refractivity contribution in [2.45, 2.75) is 51.2 Å². The molecule has 3 rings (SSSR count). The number of hydrogen-bond donors (Lipinski definition) is 0. The van der Waals surface area contributed by atoms with Gasteiger partial charge in [0.15, 0.2) is 0 Å². The van der Waals surface area contributed by atoms with Crippen molar-refractivity contribution < 1.29 is 9.47 Å². The van der Waals surface area contributed by atoms with Gasteiger partial charge in [0.1, 0.15) is 11.4 Å². The third kappa shape index (κ3) is 2.99. The number of aryl methyl sites for hydroxylation is 1. The molecule has 0 N–H and O–H groups in total. The molecule has 1 fully saturated rings. The molecule has 0 aromatic heterocycles. The highest BCUT2D eigenvalue weighted by Crippen LogP contribution is 2.39. The van der Waals surface area contributed by atoms with Crippen molar-refractivity contribution in [3.8, 4) is 5.75 Å². The molecule has 0 unspecified atom stereocenters. The molecule has 0 radical (unpaired) electrons. The molecule has 2 heterocycles. The van der Waals surface area contributed by atoms with E-state index in [1.165, 1.54) is 5.56 Å². The van der Waals surface area contributed by atoms with Crippen molar-refractivity contribution in [1.82, 2.24) is 4.90 Å². The molecule has 0 bridgehead atoms. The van der Waals surface area contributed by atoms with E-state index in [1.54, 1.807) is 0 Å². The number of likely N-dealkylation sites (tertiary alicyclic amines) is 1. The summed E-state index contributed by atoms with van der Waals surface area (Å²) in [7, 11) is 0. The summed E-state index contributed by atoms with van der Waals surface area (Å²) in [4.78, 5) is 2.40. The van der Waals surface area contributed by atoms with E-state index in [4.69, 9.17) is 9.47 Å². The Morgan fingerprint density at radius 2 is 1.95 bits per heavy atom. The Bertz CT molecular complexity index is 450. The second kappa shape index (κ2) is 5.74. The molecular formula is C17H25NO2. The summed E-state index contributed by atoms with van der Waals surface area (Å²) in [5.74, 6) is 1.10. The van der Waals surface area contributed by atoms with E-state index in [0.29, 0.717) is 6.10 Å². The molecule has 3 heteroatoms. The van der Waals surface area contributed by atoms with Gasteiger partial charge in [0.2, 0.25) is 0 Å². The fraction of sp³-hybridized carbons (Fsp3) is 0.647. The molecular weight excluding hydrogens is 250 g/mol. The van der Waals surface area contributed by atoms with Crippen molar-refractivity contribution in [1.29, 1.82) is 0 Å². The fourth-order valence-electron chi connectivity index (χ4n) is 3.15. The summed E-state index contributed by atoms with van der Waals surface area (Å²) in [6.07, 6.45) is 4.84. The summed E-state index contributed by atoms with van der Waals surface area (Å²) >= 11 is 0. The highest BCUT2D eigenvalue weighted by molar-refractivity contribution is 5.36. The number of ether oxygens (including phenoxy) is 2. The lowest BCUT2D eigenvalue weighted by molar-refractivity contribution is -0.0622. The predicted octanol–water partition coefficient (Wildman–Crippen LogP) is 3.23. The van der Waals surface area contributed by atoms with Gasteiger partial charge in [-0.25, -0.2) is 0 Å². The first-order valence-electron chi connectivity index (χ1n) is 7.78. The van der Waals surface area contributed by atoms with Gasteiger partial charge in [-0.05, 0) is 51.2 Å². The predicted molar refractivity (Wildman–Crippen MR) is 80.0 cm³/mol. The number of para-hydroxylation sites is 1. The van der Waals surface area contributed by atoms with E-state index in [2.05, 4.69) is 43.0 Å². The Labute approximate surface area is 121 Å². The number of rotatable bonds is 3. The van der Waals surface area contributed by atoms with Crippen LogP contribution in [0, 0.1) is 0 Å². The van der Waals surface area contributed by atoms with E-state index < -0.39 is 0 Å². The standard InChI is InChI=1S/C17H25NO2/c1-14(2)19-13-18-11-9-17(10-12-18)8-7-15-5-3-4-6-16(15)20-17/h3-6,14H,7-13H2,1-2H3. The van der Waals surface area contributed by atoms with Crippen LogP contribution in [-0.2, 0) is 11.2 Å².